The molecule has 4 aliphatic rings. The van der Waals surface area contributed by atoms with Crippen LogP contribution >= 0.6 is 11.6 Å². The lowest BCUT2D eigenvalue weighted by molar-refractivity contribution is -0.152. The quantitative estimate of drug-likeness (QED) is 0.691. The van der Waals surface area contributed by atoms with Gasteiger partial charge in [-0.1, -0.05) is 44.0 Å². The van der Waals surface area contributed by atoms with Crippen molar-refractivity contribution in [1.82, 2.24) is 0 Å². The van der Waals surface area contributed by atoms with Gasteiger partial charge in [0.05, 0.1) is 0 Å². The first-order valence-corrected chi connectivity index (χ1v) is 10.5. The minimum Gasteiger partial charge on any atom is -0.384 e. The van der Waals surface area contributed by atoms with Crippen molar-refractivity contribution in [3.63, 3.8) is 0 Å². The summed E-state index contributed by atoms with van der Waals surface area (Å²) in [5, 5.41) is 12.2. The maximum absolute atomic E-state index is 11.9. The third kappa shape index (κ3) is 2.36. The number of carbonyl (C=O) groups excluding carboxylic acids is 1. The van der Waals surface area contributed by atoms with E-state index in [1.165, 1.54) is 5.57 Å². The minimum atomic E-state index is -0.874. The van der Waals surface area contributed by atoms with Crippen molar-refractivity contribution in [1.29, 1.82) is 0 Å². The number of hydrogen-bond acceptors (Lipinski definition) is 2. The van der Waals surface area contributed by atoms with E-state index in [2.05, 4.69) is 26.8 Å². The van der Waals surface area contributed by atoms with Crippen molar-refractivity contribution in [3.05, 3.63) is 22.8 Å². The number of carbonyl (C=O) groups is 1. The van der Waals surface area contributed by atoms with Gasteiger partial charge in [-0.05, 0) is 74.2 Å². The zero-order valence-corrected chi connectivity index (χ0v) is 16.5. The molecule has 0 aromatic carbocycles. The maximum Gasteiger partial charge on any atom is 0.155 e. The average molecular weight is 363 g/mol. The van der Waals surface area contributed by atoms with Gasteiger partial charge < -0.3 is 5.11 Å². The van der Waals surface area contributed by atoms with Crippen LogP contribution in [-0.2, 0) is 4.79 Å². The highest BCUT2D eigenvalue weighted by Crippen LogP contribution is 2.65. The summed E-state index contributed by atoms with van der Waals surface area (Å²) in [6.07, 6.45) is 10.8. The highest BCUT2D eigenvalue weighted by Gasteiger charge is 2.61. The largest absolute Gasteiger partial charge is 0.384 e. The first kappa shape index (κ1) is 17.8. The van der Waals surface area contributed by atoms with Crippen molar-refractivity contribution in [2.45, 2.75) is 71.3 Å². The highest BCUT2D eigenvalue weighted by atomic mass is 35.5. The number of halogens is 1. The van der Waals surface area contributed by atoms with E-state index in [1.54, 1.807) is 0 Å². The summed E-state index contributed by atoms with van der Waals surface area (Å²) in [5.41, 5.74) is 0.416. The van der Waals surface area contributed by atoms with Gasteiger partial charge in [0.25, 0.3) is 0 Å². The fraction of sp³-hybridized carbons (Fsp3) is 0.773. The second-order valence-corrected chi connectivity index (χ2v) is 9.72. The van der Waals surface area contributed by atoms with E-state index < -0.39 is 5.60 Å². The summed E-state index contributed by atoms with van der Waals surface area (Å²) < 4.78 is 0. The van der Waals surface area contributed by atoms with E-state index >= 15 is 0 Å². The normalized spacial score (nSPS) is 49.5. The van der Waals surface area contributed by atoms with E-state index in [0.29, 0.717) is 46.8 Å². The van der Waals surface area contributed by atoms with Gasteiger partial charge in [0.2, 0.25) is 0 Å². The molecule has 0 aromatic rings. The molecule has 25 heavy (non-hydrogen) atoms. The van der Waals surface area contributed by atoms with E-state index in [4.69, 9.17) is 11.6 Å². The first-order valence-electron chi connectivity index (χ1n) is 10.1. The zero-order valence-electron chi connectivity index (χ0n) is 15.7. The van der Waals surface area contributed by atoms with Crippen LogP contribution in [-0.4, -0.2) is 16.5 Å². The van der Waals surface area contributed by atoms with Crippen molar-refractivity contribution in [3.8, 4) is 0 Å². The molecule has 0 aliphatic heterocycles. The Morgan fingerprint density at radius 2 is 2.12 bits per heavy atom. The van der Waals surface area contributed by atoms with Crippen LogP contribution in [0.4, 0.5) is 0 Å². The molecular weight excluding hydrogens is 332 g/mol. The predicted octanol–water partition coefficient (Wildman–Crippen LogP) is 5.25. The molecule has 0 radical (unpaired) electrons. The summed E-state index contributed by atoms with van der Waals surface area (Å²) in [5.74, 6) is 3.30. The van der Waals surface area contributed by atoms with Crippen molar-refractivity contribution >= 4 is 17.4 Å². The van der Waals surface area contributed by atoms with E-state index in [0.717, 1.165) is 38.5 Å². The van der Waals surface area contributed by atoms with Gasteiger partial charge in [-0.15, -0.1) is 0 Å². The molecule has 0 bridgehead atoms. The summed E-state index contributed by atoms with van der Waals surface area (Å²) in [7, 11) is 0. The Labute approximate surface area is 156 Å². The minimum absolute atomic E-state index is 0.130. The number of rotatable bonds is 1. The standard InChI is InChI=1S/C22H31ClO2/c1-4-22(25)19(23)8-7-18-20-13(2)11-14-12-15(24)5-6-16(14)17(20)9-10-21(18,22)3/h8,12-13,16-18,20,25H,4-7,9-11H2,1-3H3/t13-,16+,17-,18+,20-,21+,22?/m1/s1. The number of allylic oxidation sites excluding steroid dienone is 3. The van der Waals surface area contributed by atoms with E-state index in [9.17, 15) is 9.90 Å². The highest BCUT2D eigenvalue weighted by molar-refractivity contribution is 6.30. The number of hydrogen-bond donors (Lipinski definition) is 1. The molecule has 2 nitrogen and oxygen atoms in total. The van der Waals surface area contributed by atoms with Crippen LogP contribution in [0, 0.1) is 35.0 Å². The summed E-state index contributed by atoms with van der Waals surface area (Å²) >= 11 is 6.54. The monoisotopic (exact) mass is 362 g/mol. The molecule has 4 rings (SSSR count). The van der Waals surface area contributed by atoms with Gasteiger partial charge in [-0.2, -0.15) is 0 Å². The van der Waals surface area contributed by atoms with Gasteiger partial charge in [0.15, 0.2) is 5.78 Å². The van der Waals surface area contributed by atoms with Gasteiger partial charge in [-0.3, -0.25) is 4.79 Å². The van der Waals surface area contributed by atoms with Gasteiger partial charge in [0, 0.05) is 16.9 Å². The van der Waals surface area contributed by atoms with Crippen LogP contribution < -0.4 is 0 Å². The lowest BCUT2D eigenvalue weighted by atomic mass is 9.44. The Bertz CT molecular complexity index is 650. The SMILES string of the molecule is CCC1(O)C(Cl)=CC[C@H]2[C@H]3[C@H](CC[C@@]21C)[C@H]1CCC(=O)C=C1C[C@H]3C. The second kappa shape index (κ2) is 5.96. The Morgan fingerprint density at radius 3 is 2.84 bits per heavy atom. The Balaban J connectivity index is 1.73. The van der Waals surface area contributed by atoms with Crippen molar-refractivity contribution in [2.75, 3.05) is 0 Å². The van der Waals surface area contributed by atoms with Crippen LogP contribution in [0.15, 0.2) is 22.8 Å². The number of aliphatic hydroxyl groups is 1. The van der Waals surface area contributed by atoms with Gasteiger partial charge in [-0.25, -0.2) is 0 Å². The van der Waals surface area contributed by atoms with Crippen LogP contribution in [0.1, 0.15) is 65.7 Å². The molecule has 138 valence electrons. The Kier molecular flexibility index (Phi) is 4.24. The first-order chi connectivity index (χ1) is 11.8. The molecule has 2 fully saturated rings. The maximum atomic E-state index is 11.9. The van der Waals surface area contributed by atoms with Gasteiger partial charge in [0.1, 0.15) is 5.60 Å². The molecule has 0 saturated heterocycles. The Hall–Kier alpha value is -0.600. The molecule has 3 heteroatoms. The summed E-state index contributed by atoms with van der Waals surface area (Å²) in [4.78, 5) is 11.9. The lowest BCUT2D eigenvalue weighted by Crippen LogP contribution is -2.60. The topological polar surface area (TPSA) is 37.3 Å². The van der Waals surface area contributed by atoms with Crippen LogP contribution in [0.2, 0.25) is 0 Å². The zero-order chi connectivity index (χ0) is 18.0. The van der Waals surface area contributed by atoms with Crippen LogP contribution in [0.3, 0.4) is 0 Å². The molecule has 0 amide bonds. The smallest absolute Gasteiger partial charge is 0.155 e. The average Bonchev–Trinajstić information content (AvgIpc) is 2.58. The summed E-state index contributed by atoms with van der Waals surface area (Å²) in [6.45, 7) is 6.72. The molecule has 2 saturated carbocycles. The summed E-state index contributed by atoms with van der Waals surface area (Å²) in [6, 6.07) is 0. The molecule has 1 unspecified atom stereocenters. The Morgan fingerprint density at radius 1 is 1.36 bits per heavy atom. The predicted molar refractivity (Wildman–Crippen MR) is 101 cm³/mol. The fourth-order valence-electron chi connectivity index (χ4n) is 7.11. The van der Waals surface area contributed by atoms with Crippen molar-refractivity contribution < 1.29 is 9.90 Å². The lowest BCUT2D eigenvalue weighted by Gasteiger charge is -2.62. The number of ketones is 1. The molecule has 1 N–H and O–H groups in total. The van der Waals surface area contributed by atoms with Crippen molar-refractivity contribution in [2.24, 2.45) is 35.0 Å². The molecule has 7 atom stereocenters. The third-order valence-corrected chi connectivity index (χ3v) is 8.90. The molecular formula is C22H31ClO2. The van der Waals surface area contributed by atoms with Crippen LogP contribution in [0.5, 0.6) is 0 Å². The van der Waals surface area contributed by atoms with E-state index in [1.807, 2.05) is 6.08 Å². The molecule has 0 spiro atoms. The fourth-order valence-corrected chi connectivity index (χ4v) is 7.55. The molecule has 4 aliphatic carbocycles. The van der Waals surface area contributed by atoms with Gasteiger partial charge >= 0.3 is 0 Å². The van der Waals surface area contributed by atoms with E-state index in [-0.39, 0.29) is 5.41 Å². The second-order valence-electron chi connectivity index (χ2n) is 9.32. The molecule has 0 heterocycles. The number of fused-ring (bicyclic) bond motifs is 5. The van der Waals surface area contributed by atoms with Crippen LogP contribution in [0.25, 0.3) is 0 Å². The molecule has 0 aromatic heterocycles. The third-order valence-electron chi connectivity index (χ3n) is 8.43.